The van der Waals surface area contributed by atoms with E-state index < -0.39 is 130 Å². The van der Waals surface area contributed by atoms with Crippen LogP contribution in [-0.2, 0) is 63.5 Å². The van der Waals surface area contributed by atoms with Crippen LogP contribution >= 0.6 is 39.1 Å². The van der Waals surface area contributed by atoms with E-state index in [0.717, 1.165) is 5.54 Å². The molecule has 30 heteroatoms. The Labute approximate surface area is 255 Å². The summed E-state index contributed by atoms with van der Waals surface area (Å²) in [5.41, 5.74) is 2.31. The van der Waals surface area contributed by atoms with E-state index in [4.69, 9.17) is 10.00 Å². The lowest BCUT2D eigenvalue weighted by Crippen LogP contribution is -2.27. The number of nitrogens with one attached hydrogen (secondary N) is 2. The number of phosphoric acid groups is 5. The lowest BCUT2D eigenvalue weighted by Gasteiger charge is -2.27. The fourth-order valence-corrected chi connectivity index (χ4v) is 5.47. The average Bonchev–Trinajstić information content (AvgIpc) is 2.91. The first-order valence-corrected chi connectivity index (χ1v) is 19.0. The summed E-state index contributed by atoms with van der Waals surface area (Å²) < 4.78 is 120. The Bertz CT molecular complexity index is 1040. The molecule has 0 spiro atoms. The number of aliphatic hydroxyl groups is 1. The van der Waals surface area contributed by atoms with Gasteiger partial charge in [-0.2, -0.15) is 11.1 Å². The van der Waals surface area contributed by atoms with E-state index in [9.17, 15) is 56.3 Å². The van der Waals surface area contributed by atoms with Crippen LogP contribution in [0.4, 0.5) is 8.96 Å². The highest BCUT2D eigenvalue weighted by atomic mass is 31.2. The minimum absolute atomic E-state index is 0. The monoisotopic (exact) mass is 771 g/mol. The quantitative estimate of drug-likeness (QED) is 0.0341. The lowest BCUT2D eigenvalue weighted by molar-refractivity contribution is -0.237. The molecule has 0 aliphatic rings. The average molecular weight is 771 g/mol. The van der Waals surface area contributed by atoms with E-state index in [-0.39, 0.29) is 7.43 Å². The predicted molar refractivity (Wildman–Crippen MR) is 133 cm³/mol. The standard InChI is InChI=1S/C14H35F2N2O21P5.CH4/c15-17-7-13(9-19)10-38-43(27,28)35-5-3-33-41(23,24)31-1-2-32-42(25,26)34-4-6-36-44(29,30)39-12-14(8-18-16)11-37-40(20,21)22;/h13-14,17-19H,1-12H2,(H,23,24)(H,25,26)(H,27,28)(H,29,30)(H2,20,21,22);1H4/p-5. The highest BCUT2D eigenvalue weighted by Gasteiger charge is 2.19. The molecule has 0 fully saturated rings. The molecule has 0 aliphatic carbocycles. The van der Waals surface area contributed by atoms with Crippen LogP contribution < -0.4 is 35.5 Å². The van der Waals surface area contributed by atoms with Crippen molar-refractivity contribution in [3.8, 4) is 0 Å². The van der Waals surface area contributed by atoms with E-state index in [2.05, 4.69) is 40.7 Å². The topological polar surface area (TPSA) is 348 Å². The summed E-state index contributed by atoms with van der Waals surface area (Å²) >= 11 is 0. The van der Waals surface area contributed by atoms with Crippen molar-refractivity contribution in [2.75, 3.05) is 79.2 Å². The number of hydrogen-bond donors (Lipinski definition) is 4. The maximum Gasteiger partial charge on any atom is 0.268 e. The zero-order valence-electron chi connectivity index (χ0n) is 22.3. The molecule has 0 saturated carbocycles. The van der Waals surface area contributed by atoms with Crippen LogP contribution in [0.3, 0.4) is 0 Å². The van der Waals surface area contributed by atoms with E-state index in [0.29, 0.717) is 0 Å². The fraction of sp³-hybridized carbons (Fsp3) is 1.00. The largest absolute Gasteiger partial charge is 0.756 e. The first-order chi connectivity index (χ1) is 20.3. The molecule has 274 valence electrons. The van der Waals surface area contributed by atoms with Gasteiger partial charge in [-0.1, -0.05) is 7.43 Å². The Hall–Kier alpha value is 0.290. The highest BCUT2D eigenvalue weighted by molar-refractivity contribution is 7.46. The van der Waals surface area contributed by atoms with Crippen LogP contribution in [0.2, 0.25) is 0 Å². The SMILES string of the molecule is C.O=P([O-])(O)OCC(CNF)COP(=O)([O-])OCCOP(=O)([O-])OCCOP(=O)([O-])OCCOP(=O)([O-])OCC(CO)CNF. The molecule has 0 aromatic carbocycles. The van der Waals surface area contributed by atoms with Gasteiger partial charge in [-0.3, -0.25) is 22.8 Å². The Balaban J connectivity index is 0. The molecule has 7 atom stereocenters. The van der Waals surface area contributed by atoms with Crippen LogP contribution in [0.25, 0.3) is 0 Å². The number of rotatable bonds is 29. The predicted octanol–water partition coefficient (Wildman–Crippen LogP) is -2.72. The van der Waals surface area contributed by atoms with Crippen molar-refractivity contribution in [3.63, 3.8) is 0 Å². The number of hydrogen-bond acceptors (Lipinski definition) is 22. The zero-order valence-corrected chi connectivity index (χ0v) is 26.8. The summed E-state index contributed by atoms with van der Waals surface area (Å²) in [6, 6.07) is 0. The molecular weight excluding hydrogens is 737 g/mol. The second-order valence-electron chi connectivity index (χ2n) is 7.73. The summed E-state index contributed by atoms with van der Waals surface area (Å²) in [4.78, 5) is 65.6. The van der Waals surface area contributed by atoms with Crippen molar-refractivity contribution in [2.45, 2.75) is 7.43 Å². The first kappa shape index (κ1) is 47.4. The summed E-state index contributed by atoms with van der Waals surface area (Å²) in [6.07, 6.45) is 0. The van der Waals surface area contributed by atoms with Gasteiger partial charge in [0.05, 0.1) is 59.5 Å². The van der Waals surface area contributed by atoms with Crippen LogP contribution in [-0.4, -0.2) is 89.2 Å². The van der Waals surface area contributed by atoms with Gasteiger partial charge < -0.3 is 75.2 Å². The van der Waals surface area contributed by atoms with E-state index >= 15 is 0 Å². The summed E-state index contributed by atoms with van der Waals surface area (Å²) in [7, 11) is -25.6. The third kappa shape index (κ3) is 27.9. The Morgan fingerprint density at radius 3 is 1.09 bits per heavy atom. The molecule has 0 radical (unpaired) electrons. The molecule has 0 bridgehead atoms. The molecule has 0 aliphatic heterocycles. The van der Waals surface area contributed by atoms with Gasteiger partial charge in [0.2, 0.25) is 0 Å². The summed E-state index contributed by atoms with van der Waals surface area (Å²) in [5, 5.41) is 8.91. The number of aliphatic hydroxyl groups excluding tert-OH is 1. The van der Waals surface area contributed by atoms with Crippen molar-refractivity contribution in [3.05, 3.63) is 0 Å². The normalized spacial score (nSPS) is 20.0. The summed E-state index contributed by atoms with van der Waals surface area (Å²) in [6.45, 7) is -9.63. The highest BCUT2D eigenvalue weighted by Crippen LogP contribution is 2.43. The Kier molecular flexibility index (Phi) is 24.9. The van der Waals surface area contributed by atoms with E-state index in [1.165, 1.54) is 5.54 Å². The first-order valence-electron chi connectivity index (χ1n) is 11.6. The van der Waals surface area contributed by atoms with Gasteiger partial charge in [-0.15, -0.1) is 8.96 Å². The van der Waals surface area contributed by atoms with Gasteiger partial charge in [0.1, 0.15) is 0 Å². The number of halogens is 2. The van der Waals surface area contributed by atoms with Crippen LogP contribution in [0.5, 0.6) is 0 Å². The Morgan fingerprint density at radius 1 is 0.533 bits per heavy atom. The fourth-order valence-electron chi connectivity index (χ4n) is 2.20. The smallest absolute Gasteiger partial charge is 0.268 e. The summed E-state index contributed by atoms with van der Waals surface area (Å²) in [5.74, 6) is -2.17. The van der Waals surface area contributed by atoms with Gasteiger partial charge >= 0.3 is 0 Å². The van der Waals surface area contributed by atoms with Crippen LogP contribution in [0.15, 0.2) is 0 Å². The zero-order chi connectivity index (χ0) is 33.9. The van der Waals surface area contributed by atoms with Crippen molar-refractivity contribution in [1.29, 1.82) is 0 Å². The van der Waals surface area contributed by atoms with Crippen molar-refractivity contribution < 1.29 is 107 Å². The maximum absolute atomic E-state index is 12.3. The van der Waals surface area contributed by atoms with E-state index in [1.807, 2.05) is 0 Å². The van der Waals surface area contributed by atoms with Crippen LogP contribution in [0, 0.1) is 11.8 Å². The number of phosphoric ester groups is 5. The molecule has 4 N–H and O–H groups in total. The molecule has 23 nitrogen and oxygen atoms in total. The van der Waals surface area contributed by atoms with Gasteiger partial charge in [0.25, 0.3) is 39.1 Å². The molecule has 0 saturated heterocycles. The molecule has 0 heterocycles. The van der Waals surface area contributed by atoms with Crippen molar-refractivity contribution >= 4 is 39.1 Å². The van der Waals surface area contributed by atoms with Gasteiger partial charge in [0, 0.05) is 31.5 Å². The third-order valence-corrected chi connectivity index (χ3v) is 8.55. The second kappa shape index (κ2) is 23.6. The molecular formula is C15H34F2N2O21P5-5. The van der Waals surface area contributed by atoms with Gasteiger partial charge in [0.15, 0.2) is 0 Å². The minimum atomic E-state index is -5.19. The molecule has 45 heavy (non-hydrogen) atoms. The van der Waals surface area contributed by atoms with Crippen molar-refractivity contribution in [1.82, 2.24) is 11.1 Å². The molecule has 0 aromatic heterocycles. The van der Waals surface area contributed by atoms with Crippen molar-refractivity contribution in [2.24, 2.45) is 11.8 Å². The molecule has 7 unspecified atom stereocenters. The molecule has 0 aromatic rings. The third-order valence-electron chi connectivity index (χ3n) is 4.15. The molecule has 0 rings (SSSR count). The lowest BCUT2D eigenvalue weighted by atomic mass is 10.2. The van der Waals surface area contributed by atoms with Gasteiger partial charge in [-0.05, 0) is 0 Å². The molecule has 0 amide bonds. The van der Waals surface area contributed by atoms with Crippen LogP contribution in [0.1, 0.15) is 7.43 Å². The van der Waals surface area contributed by atoms with Gasteiger partial charge in [-0.25, -0.2) is 0 Å². The second-order valence-corrected chi connectivity index (χ2v) is 14.6. The van der Waals surface area contributed by atoms with E-state index in [1.54, 1.807) is 0 Å². The minimum Gasteiger partial charge on any atom is -0.756 e. The Morgan fingerprint density at radius 2 is 0.800 bits per heavy atom. The maximum atomic E-state index is 12.3.